The zero-order valence-corrected chi connectivity index (χ0v) is 7.96. The average Bonchev–Trinajstić information content (AvgIpc) is 2.75. The van der Waals surface area contributed by atoms with Crippen LogP contribution in [0.5, 0.6) is 0 Å². The lowest BCUT2D eigenvalue weighted by molar-refractivity contribution is 0.868. The largest absolute Gasteiger partial charge is 0.420 e. The molecule has 0 saturated heterocycles. The van der Waals surface area contributed by atoms with E-state index in [1.54, 1.807) is 28.5 Å². The van der Waals surface area contributed by atoms with Crippen molar-refractivity contribution in [2.75, 3.05) is 0 Å². The summed E-state index contributed by atoms with van der Waals surface area (Å²) >= 11 is 0. The van der Waals surface area contributed by atoms with E-state index in [1.807, 2.05) is 24.5 Å². The summed E-state index contributed by atoms with van der Waals surface area (Å²) in [5, 5.41) is 16.0. The zero-order chi connectivity index (χ0) is 9.97. The Balaban J connectivity index is 2.40. The Morgan fingerprint density at radius 2 is 1.64 bits per heavy atom. The highest BCUT2D eigenvalue weighted by Gasteiger charge is 2.09. The molecule has 0 fully saturated rings. The van der Waals surface area contributed by atoms with Gasteiger partial charge in [-0.05, 0) is 24.5 Å². The molecule has 2 rings (SSSR count). The predicted molar refractivity (Wildman–Crippen MR) is 55.8 cm³/mol. The molecule has 0 atom stereocenters. The minimum Gasteiger partial charge on any atom is -0.420 e. The Bertz CT molecular complexity index is 371. The molecule has 6 heteroatoms. The summed E-state index contributed by atoms with van der Waals surface area (Å²) in [6, 6.07) is 3.71. The van der Waals surface area contributed by atoms with E-state index in [4.69, 9.17) is 5.41 Å². The van der Waals surface area contributed by atoms with Gasteiger partial charge in [0.25, 0.3) is 6.98 Å². The van der Waals surface area contributed by atoms with Crippen molar-refractivity contribution >= 4 is 12.6 Å². The fourth-order valence-electron chi connectivity index (χ4n) is 1.59. The van der Waals surface area contributed by atoms with E-state index in [0.29, 0.717) is 5.61 Å². The molecule has 0 radical (unpaired) electrons. The summed E-state index contributed by atoms with van der Waals surface area (Å²) in [6.07, 6.45) is 7.15. The van der Waals surface area contributed by atoms with Crippen LogP contribution in [0.15, 0.2) is 36.9 Å². The van der Waals surface area contributed by atoms with Crippen molar-refractivity contribution < 1.29 is 0 Å². The molecular weight excluding hydrogens is 177 g/mol. The van der Waals surface area contributed by atoms with Gasteiger partial charge in [0.15, 0.2) is 0 Å². The smallest absolute Gasteiger partial charge is 0.250 e. The van der Waals surface area contributed by atoms with E-state index in [2.05, 4.69) is 10.2 Å². The van der Waals surface area contributed by atoms with Gasteiger partial charge < -0.3 is 14.6 Å². The first-order valence-corrected chi connectivity index (χ1v) is 4.50. The van der Waals surface area contributed by atoms with E-state index in [9.17, 15) is 0 Å². The maximum Gasteiger partial charge on any atom is 0.250 e. The Hall–Kier alpha value is -1.85. The van der Waals surface area contributed by atoms with E-state index in [-0.39, 0.29) is 0 Å². The fraction of sp³-hybridized carbons (Fsp3) is 0.125. The third kappa shape index (κ3) is 1.46. The molecule has 2 aromatic rings. The number of nitrogens with zero attached hydrogens (tertiary/aromatic N) is 4. The van der Waals surface area contributed by atoms with Crippen molar-refractivity contribution in [3.05, 3.63) is 36.9 Å². The highest BCUT2D eigenvalue weighted by atomic mass is 15.3. The standard InChI is InChI=1S/C8H11BN5/c1-8(10)9(13-6-2-4-11-13)14-7-3-5-12-14/h2-7,9-10H,1H3/q-1. The molecule has 0 spiro atoms. The molecule has 5 nitrogen and oxygen atoms in total. The van der Waals surface area contributed by atoms with Crippen LogP contribution in [0, 0.1) is 5.41 Å². The second-order valence-corrected chi connectivity index (χ2v) is 3.33. The first kappa shape index (κ1) is 8.74. The zero-order valence-electron chi connectivity index (χ0n) is 7.96. The molecule has 2 heterocycles. The first-order valence-electron chi connectivity index (χ1n) is 4.50. The van der Waals surface area contributed by atoms with Crippen molar-refractivity contribution in [1.29, 1.82) is 5.41 Å². The van der Waals surface area contributed by atoms with E-state index >= 15 is 0 Å². The second-order valence-electron chi connectivity index (χ2n) is 3.33. The maximum absolute atomic E-state index is 7.72. The summed E-state index contributed by atoms with van der Waals surface area (Å²) in [5.74, 6) is 0. The van der Waals surface area contributed by atoms with E-state index in [0.717, 1.165) is 0 Å². The van der Waals surface area contributed by atoms with Gasteiger partial charge in [-0.3, -0.25) is 0 Å². The molecule has 0 aliphatic heterocycles. The van der Waals surface area contributed by atoms with Gasteiger partial charge in [0.05, 0.1) is 0 Å². The lowest BCUT2D eigenvalue weighted by Gasteiger charge is -2.24. The van der Waals surface area contributed by atoms with Crippen LogP contribution in [0.1, 0.15) is 6.92 Å². The minimum absolute atomic E-state index is 0.581. The van der Waals surface area contributed by atoms with E-state index in [1.165, 1.54) is 0 Å². The summed E-state index contributed by atoms with van der Waals surface area (Å²) < 4.78 is 3.57. The number of hydrogen-bond donors (Lipinski definition) is 1. The van der Waals surface area contributed by atoms with Crippen LogP contribution in [-0.2, 0) is 0 Å². The topological polar surface area (TPSA) is 59.5 Å². The summed E-state index contributed by atoms with van der Waals surface area (Å²) in [5.41, 5.74) is 0.581. The van der Waals surface area contributed by atoms with Crippen molar-refractivity contribution in [2.45, 2.75) is 6.92 Å². The quantitative estimate of drug-likeness (QED) is 0.555. The maximum atomic E-state index is 7.72. The van der Waals surface area contributed by atoms with Gasteiger partial charge in [-0.1, -0.05) is 6.92 Å². The lowest BCUT2D eigenvalue weighted by Crippen LogP contribution is -2.41. The van der Waals surface area contributed by atoms with E-state index < -0.39 is 6.98 Å². The first-order chi connectivity index (χ1) is 6.79. The second kappa shape index (κ2) is 3.49. The van der Waals surface area contributed by atoms with Gasteiger partial charge >= 0.3 is 0 Å². The predicted octanol–water partition coefficient (Wildman–Crippen LogP) is 0.275. The van der Waals surface area contributed by atoms with Gasteiger partial charge in [-0.15, -0.1) is 5.61 Å². The number of hydrogen-bond acceptors (Lipinski definition) is 3. The highest BCUT2D eigenvalue weighted by Crippen LogP contribution is 1.95. The van der Waals surface area contributed by atoms with Crippen LogP contribution < -0.4 is 0 Å². The third-order valence-corrected chi connectivity index (χ3v) is 2.21. The van der Waals surface area contributed by atoms with Gasteiger partial charge in [-0.2, -0.15) is 0 Å². The Morgan fingerprint density at radius 1 is 1.14 bits per heavy atom. The molecule has 14 heavy (non-hydrogen) atoms. The summed E-state index contributed by atoms with van der Waals surface area (Å²) in [6.45, 7) is 0.642. The monoisotopic (exact) mass is 188 g/mol. The SMILES string of the molecule is CC(=N)[BH-](n1cccn1)n1cccn1. The molecule has 0 amide bonds. The number of rotatable bonds is 3. The average molecular weight is 188 g/mol. The summed E-state index contributed by atoms with van der Waals surface area (Å²) in [4.78, 5) is 0. The minimum atomic E-state index is -1.14. The van der Waals surface area contributed by atoms with Crippen LogP contribution in [0.25, 0.3) is 0 Å². The molecule has 0 bridgehead atoms. The van der Waals surface area contributed by atoms with Crippen LogP contribution in [0.4, 0.5) is 0 Å². The third-order valence-electron chi connectivity index (χ3n) is 2.21. The van der Waals surface area contributed by atoms with Gasteiger partial charge in [-0.25, -0.2) is 10.2 Å². The van der Waals surface area contributed by atoms with Gasteiger partial charge in [0.2, 0.25) is 0 Å². The Morgan fingerprint density at radius 3 is 1.93 bits per heavy atom. The van der Waals surface area contributed by atoms with Crippen LogP contribution in [-0.4, -0.2) is 32.0 Å². The van der Waals surface area contributed by atoms with Gasteiger partial charge in [0, 0.05) is 12.4 Å². The van der Waals surface area contributed by atoms with Gasteiger partial charge in [0.1, 0.15) is 0 Å². The number of aromatic nitrogens is 4. The van der Waals surface area contributed by atoms with Crippen molar-refractivity contribution in [3.8, 4) is 0 Å². The molecule has 0 aromatic carbocycles. The molecule has 2 aromatic heterocycles. The van der Waals surface area contributed by atoms with Crippen molar-refractivity contribution in [2.24, 2.45) is 0 Å². The van der Waals surface area contributed by atoms with Crippen molar-refractivity contribution in [3.63, 3.8) is 0 Å². The fourth-order valence-corrected chi connectivity index (χ4v) is 1.59. The van der Waals surface area contributed by atoms with Crippen LogP contribution in [0.3, 0.4) is 0 Å². The number of nitrogens with one attached hydrogen (secondary N) is 1. The Labute approximate surface area is 82.0 Å². The molecule has 0 aliphatic rings. The molecule has 1 N–H and O–H groups in total. The van der Waals surface area contributed by atoms with Crippen LogP contribution >= 0.6 is 0 Å². The molecule has 0 aliphatic carbocycles. The molecule has 0 unspecified atom stereocenters. The summed E-state index contributed by atoms with van der Waals surface area (Å²) in [7, 11) is 0. The normalized spacial score (nSPS) is 10.7. The highest BCUT2D eigenvalue weighted by molar-refractivity contribution is 6.87. The molecular formula is C8H11BN5-. The lowest BCUT2D eigenvalue weighted by atomic mass is 9.71. The molecule has 72 valence electrons. The van der Waals surface area contributed by atoms with Crippen LogP contribution in [0.2, 0.25) is 0 Å². The molecule has 0 saturated carbocycles. The van der Waals surface area contributed by atoms with Crippen molar-refractivity contribution in [1.82, 2.24) is 19.4 Å². The Kier molecular flexibility index (Phi) is 2.18.